The van der Waals surface area contributed by atoms with Gasteiger partial charge in [-0.2, -0.15) is 0 Å². The van der Waals surface area contributed by atoms with Gasteiger partial charge < -0.3 is 9.53 Å². The van der Waals surface area contributed by atoms with Crippen LogP contribution < -0.4 is 0 Å². The predicted octanol–water partition coefficient (Wildman–Crippen LogP) is 1.29. The van der Waals surface area contributed by atoms with Gasteiger partial charge in [0.15, 0.2) is 0 Å². The number of hydrogen-bond acceptors (Lipinski definition) is 4. The first-order valence-electron chi connectivity index (χ1n) is 4.67. The molecule has 15 heavy (non-hydrogen) atoms. The second-order valence-electron chi connectivity index (χ2n) is 3.50. The largest absolute Gasteiger partial charge is 0.463 e. The lowest BCUT2D eigenvalue weighted by Gasteiger charge is -2.13. The number of esters is 1. The summed E-state index contributed by atoms with van der Waals surface area (Å²) >= 11 is 0. The van der Waals surface area contributed by atoms with Gasteiger partial charge in [-0.15, -0.1) is 0 Å². The first-order valence-corrected chi connectivity index (χ1v) is 4.67. The number of methoxy groups -OCH3 is 1. The molecule has 0 N–H and O–H groups in total. The van der Waals surface area contributed by atoms with Crippen LogP contribution in [-0.2, 0) is 19.1 Å². The highest BCUT2D eigenvalue weighted by Gasteiger charge is 2.26. The number of Topliss-reactive ketones (excluding diaryl/α,β-unsaturated/α-hetero) is 2. The average Bonchev–Trinajstić information content (AvgIpc) is 2.15. The first-order chi connectivity index (χ1) is 6.90. The van der Waals surface area contributed by atoms with E-state index in [-0.39, 0.29) is 12.2 Å². The Balaban J connectivity index is 4.53. The van der Waals surface area contributed by atoms with E-state index in [2.05, 4.69) is 11.3 Å². The van der Waals surface area contributed by atoms with E-state index in [0.29, 0.717) is 12.0 Å². The monoisotopic (exact) mass is 212 g/mol. The molecule has 4 nitrogen and oxygen atoms in total. The number of allylic oxidation sites excluding steroid dienone is 1. The van der Waals surface area contributed by atoms with Crippen LogP contribution in [0.2, 0.25) is 0 Å². The smallest absolute Gasteiger partial charge is 0.374 e. The molecule has 0 aliphatic rings. The van der Waals surface area contributed by atoms with E-state index in [4.69, 9.17) is 0 Å². The molecule has 0 heterocycles. The Morgan fingerprint density at radius 3 is 2.13 bits per heavy atom. The molecule has 0 amide bonds. The summed E-state index contributed by atoms with van der Waals surface area (Å²) in [4.78, 5) is 33.3. The van der Waals surface area contributed by atoms with Crippen LogP contribution >= 0.6 is 0 Å². The molecule has 0 aromatic carbocycles. The van der Waals surface area contributed by atoms with Crippen LogP contribution in [0.3, 0.4) is 0 Å². The lowest BCUT2D eigenvalue weighted by molar-refractivity contribution is -0.153. The Morgan fingerprint density at radius 1 is 1.27 bits per heavy atom. The van der Waals surface area contributed by atoms with E-state index in [0.717, 1.165) is 7.11 Å². The van der Waals surface area contributed by atoms with Crippen LogP contribution in [0, 0.1) is 5.92 Å². The summed E-state index contributed by atoms with van der Waals surface area (Å²) in [6.07, 6.45) is 0.582. The molecular formula is C11H16O4. The second-order valence-corrected chi connectivity index (χ2v) is 3.50. The Kier molecular flexibility index (Phi) is 5.52. The SMILES string of the molecule is C=C(C)C(CCC(C)=O)C(=O)C(=O)OC. The van der Waals surface area contributed by atoms with Crippen LogP contribution in [0.5, 0.6) is 0 Å². The van der Waals surface area contributed by atoms with Crippen molar-refractivity contribution in [3.63, 3.8) is 0 Å². The van der Waals surface area contributed by atoms with E-state index in [1.54, 1.807) is 6.92 Å². The van der Waals surface area contributed by atoms with Crippen LogP contribution in [0.4, 0.5) is 0 Å². The first kappa shape index (κ1) is 13.5. The molecule has 0 radical (unpaired) electrons. The number of carbonyl (C=O) groups is 3. The third-order valence-electron chi connectivity index (χ3n) is 2.08. The van der Waals surface area contributed by atoms with E-state index in [1.807, 2.05) is 0 Å². The van der Waals surface area contributed by atoms with E-state index in [1.165, 1.54) is 6.92 Å². The highest BCUT2D eigenvalue weighted by atomic mass is 16.5. The molecule has 0 rings (SSSR count). The van der Waals surface area contributed by atoms with Gasteiger partial charge in [-0.1, -0.05) is 12.2 Å². The Morgan fingerprint density at radius 2 is 1.80 bits per heavy atom. The summed E-state index contributed by atoms with van der Waals surface area (Å²) < 4.78 is 4.34. The maximum atomic E-state index is 11.5. The zero-order chi connectivity index (χ0) is 12.0. The summed E-state index contributed by atoms with van der Waals surface area (Å²) in [6, 6.07) is 0. The molecular weight excluding hydrogens is 196 g/mol. The van der Waals surface area contributed by atoms with Gasteiger partial charge in [0.1, 0.15) is 5.78 Å². The molecule has 0 aliphatic carbocycles. The van der Waals surface area contributed by atoms with Crippen LogP contribution in [0.25, 0.3) is 0 Å². The maximum absolute atomic E-state index is 11.5. The summed E-state index contributed by atoms with van der Waals surface area (Å²) in [5, 5.41) is 0. The fourth-order valence-corrected chi connectivity index (χ4v) is 1.19. The fraction of sp³-hybridized carbons (Fsp3) is 0.545. The van der Waals surface area contributed by atoms with Crippen molar-refractivity contribution in [3.8, 4) is 0 Å². The van der Waals surface area contributed by atoms with Crippen molar-refractivity contribution in [2.75, 3.05) is 7.11 Å². The second kappa shape index (κ2) is 6.11. The quantitative estimate of drug-likeness (QED) is 0.378. The Hall–Kier alpha value is -1.45. The standard InChI is InChI=1S/C11H16O4/c1-7(2)9(6-5-8(3)12)10(13)11(14)15-4/h9H,1,5-6H2,2-4H3. The molecule has 0 saturated carbocycles. The Labute approximate surface area is 89.3 Å². The van der Waals surface area contributed by atoms with Gasteiger partial charge >= 0.3 is 5.97 Å². The van der Waals surface area contributed by atoms with Crippen molar-refractivity contribution in [2.24, 2.45) is 5.92 Å². The number of ether oxygens (including phenoxy) is 1. The maximum Gasteiger partial charge on any atom is 0.374 e. The van der Waals surface area contributed by atoms with E-state index in [9.17, 15) is 14.4 Å². The highest BCUT2D eigenvalue weighted by molar-refractivity contribution is 6.35. The van der Waals surface area contributed by atoms with Gasteiger partial charge in [0.2, 0.25) is 5.78 Å². The minimum atomic E-state index is -0.883. The van der Waals surface area contributed by atoms with Gasteiger partial charge in [0.05, 0.1) is 13.0 Å². The summed E-state index contributed by atoms with van der Waals surface area (Å²) in [7, 11) is 1.15. The van der Waals surface area contributed by atoms with Crippen molar-refractivity contribution in [1.82, 2.24) is 0 Å². The molecule has 0 aliphatic heterocycles. The lowest BCUT2D eigenvalue weighted by Crippen LogP contribution is -2.26. The van der Waals surface area contributed by atoms with E-state index < -0.39 is 17.7 Å². The van der Waals surface area contributed by atoms with Gasteiger partial charge in [-0.25, -0.2) is 4.79 Å². The molecule has 84 valence electrons. The van der Waals surface area contributed by atoms with Crippen LogP contribution in [-0.4, -0.2) is 24.6 Å². The van der Waals surface area contributed by atoms with Crippen molar-refractivity contribution in [1.29, 1.82) is 0 Å². The molecule has 1 atom stereocenters. The van der Waals surface area contributed by atoms with Gasteiger partial charge in [0, 0.05) is 6.42 Å². The van der Waals surface area contributed by atoms with Crippen LogP contribution in [0.1, 0.15) is 26.7 Å². The topological polar surface area (TPSA) is 60.4 Å². The van der Waals surface area contributed by atoms with Crippen LogP contribution in [0.15, 0.2) is 12.2 Å². The van der Waals surface area contributed by atoms with E-state index >= 15 is 0 Å². The molecule has 4 heteroatoms. The molecule has 0 bridgehead atoms. The molecule has 0 spiro atoms. The highest BCUT2D eigenvalue weighted by Crippen LogP contribution is 2.17. The van der Waals surface area contributed by atoms with Crippen molar-refractivity contribution in [2.45, 2.75) is 26.7 Å². The molecule has 0 saturated heterocycles. The number of rotatable bonds is 6. The molecule has 1 unspecified atom stereocenters. The molecule has 0 aromatic heterocycles. The zero-order valence-corrected chi connectivity index (χ0v) is 9.33. The minimum absolute atomic E-state index is 0.0149. The summed E-state index contributed by atoms with van der Waals surface area (Å²) in [6.45, 7) is 6.73. The molecule has 0 aromatic rings. The third kappa shape index (κ3) is 4.54. The fourth-order valence-electron chi connectivity index (χ4n) is 1.19. The van der Waals surface area contributed by atoms with Crippen molar-refractivity contribution >= 4 is 17.5 Å². The Bertz CT molecular complexity index is 291. The summed E-state index contributed by atoms with van der Waals surface area (Å²) in [5.41, 5.74) is 0.576. The normalized spacial score (nSPS) is 11.7. The van der Waals surface area contributed by atoms with Gasteiger partial charge in [-0.3, -0.25) is 4.79 Å². The van der Waals surface area contributed by atoms with Crippen molar-refractivity contribution in [3.05, 3.63) is 12.2 Å². The zero-order valence-electron chi connectivity index (χ0n) is 9.33. The lowest BCUT2D eigenvalue weighted by atomic mass is 9.91. The predicted molar refractivity (Wildman–Crippen MR) is 55.2 cm³/mol. The number of hydrogen-bond donors (Lipinski definition) is 0. The third-order valence-corrected chi connectivity index (χ3v) is 2.08. The average molecular weight is 212 g/mol. The number of carbonyl (C=O) groups excluding carboxylic acids is 3. The summed E-state index contributed by atoms with van der Waals surface area (Å²) in [5.74, 6) is -2.14. The van der Waals surface area contributed by atoms with Gasteiger partial charge in [-0.05, 0) is 20.3 Å². The van der Waals surface area contributed by atoms with Gasteiger partial charge in [0.25, 0.3) is 0 Å². The minimum Gasteiger partial charge on any atom is -0.463 e. The van der Waals surface area contributed by atoms with Crippen molar-refractivity contribution < 1.29 is 19.1 Å². The number of ketones is 2. The molecule has 0 fully saturated rings.